The molecule has 0 aliphatic heterocycles. The van der Waals surface area contributed by atoms with Crippen molar-refractivity contribution in [1.82, 2.24) is 0 Å². The van der Waals surface area contributed by atoms with E-state index in [1.54, 1.807) is 0 Å². The number of rotatable bonds is 3. The van der Waals surface area contributed by atoms with E-state index in [1.807, 2.05) is 20.1 Å². The Bertz CT molecular complexity index is 110. The molecule has 0 aliphatic carbocycles. The molecule has 3 atom stereocenters. The second-order valence-corrected chi connectivity index (χ2v) is 3.37. The molecule has 0 aromatic carbocycles. The molecule has 1 unspecified atom stereocenters. The van der Waals surface area contributed by atoms with Crippen LogP contribution in [0.3, 0.4) is 0 Å². The highest BCUT2D eigenvalue weighted by atomic mass is 35.5. The third-order valence-electron chi connectivity index (χ3n) is 1.87. The third kappa shape index (κ3) is 3.21. The summed E-state index contributed by atoms with van der Waals surface area (Å²) in [6.07, 6.45) is 1.83. The number of hydrogen-bond donors (Lipinski definition) is 0. The molecule has 1 nitrogen and oxygen atoms in total. The second kappa shape index (κ2) is 4.73. The summed E-state index contributed by atoms with van der Waals surface area (Å²) in [5.74, 6) is 0.456. The van der Waals surface area contributed by atoms with Gasteiger partial charge in [-0.25, -0.2) is 0 Å². The van der Waals surface area contributed by atoms with Crippen molar-refractivity contribution in [2.24, 2.45) is 10.9 Å². The van der Waals surface area contributed by atoms with E-state index < -0.39 is 0 Å². The van der Waals surface area contributed by atoms with Gasteiger partial charge in [-0.1, -0.05) is 6.92 Å². The lowest BCUT2D eigenvalue weighted by atomic mass is 10.0. The monoisotopic (exact) mass is 161 g/mol. The molecule has 0 amide bonds. The van der Waals surface area contributed by atoms with Gasteiger partial charge in [0.25, 0.3) is 0 Å². The molecule has 0 rings (SSSR count). The number of aliphatic imine (C=N–C) groups is 1. The van der Waals surface area contributed by atoms with Crippen LogP contribution in [0.4, 0.5) is 0 Å². The fourth-order valence-electron chi connectivity index (χ4n) is 0.755. The highest BCUT2D eigenvalue weighted by Gasteiger charge is 2.14. The summed E-state index contributed by atoms with van der Waals surface area (Å²) >= 11 is 5.88. The first-order valence-corrected chi connectivity index (χ1v) is 4.15. The Kier molecular flexibility index (Phi) is 4.71. The fraction of sp³-hybridized carbons (Fsp3) is 0.875. The van der Waals surface area contributed by atoms with Gasteiger partial charge in [-0.05, 0) is 32.9 Å². The predicted molar refractivity (Wildman–Crippen MR) is 48.1 cm³/mol. The molecule has 0 spiro atoms. The minimum absolute atomic E-state index is 0.207. The van der Waals surface area contributed by atoms with Gasteiger partial charge in [0.05, 0.1) is 6.04 Å². The standard InChI is InChI=1S/C8H16ClN/c1-5-10-8(4)6(2)7(3)9/h5-8H,1-4H3/b10-5+/t6-,7+,8?/m1/s1. The van der Waals surface area contributed by atoms with Gasteiger partial charge in [-0.2, -0.15) is 0 Å². The minimum atomic E-state index is 0.207. The van der Waals surface area contributed by atoms with Gasteiger partial charge in [0.1, 0.15) is 0 Å². The Labute approximate surface area is 68.5 Å². The van der Waals surface area contributed by atoms with E-state index in [-0.39, 0.29) is 5.38 Å². The molecule has 10 heavy (non-hydrogen) atoms. The Morgan fingerprint density at radius 2 is 1.80 bits per heavy atom. The average Bonchev–Trinajstić information content (AvgIpc) is 1.87. The maximum absolute atomic E-state index is 5.88. The van der Waals surface area contributed by atoms with Gasteiger partial charge in [-0.15, -0.1) is 11.6 Å². The first kappa shape index (κ1) is 9.96. The lowest BCUT2D eigenvalue weighted by molar-refractivity contribution is 0.479. The first-order valence-electron chi connectivity index (χ1n) is 3.71. The van der Waals surface area contributed by atoms with Crippen LogP contribution in [0.2, 0.25) is 0 Å². The zero-order valence-electron chi connectivity index (χ0n) is 7.13. The zero-order chi connectivity index (χ0) is 8.15. The summed E-state index contributed by atoms with van der Waals surface area (Å²) in [5.41, 5.74) is 0. The van der Waals surface area contributed by atoms with E-state index in [4.69, 9.17) is 11.6 Å². The molecular formula is C8H16ClN. The number of nitrogens with zero attached hydrogens (tertiary/aromatic N) is 1. The van der Waals surface area contributed by atoms with E-state index in [0.29, 0.717) is 12.0 Å². The van der Waals surface area contributed by atoms with Crippen molar-refractivity contribution in [3.8, 4) is 0 Å². The molecule has 0 aliphatic rings. The SMILES string of the molecule is C/C=N/C(C)[C@H](C)[C@H](C)Cl. The largest absolute Gasteiger partial charge is 0.294 e. The van der Waals surface area contributed by atoms with Crippen molar-refractivity contribution in [3.63, 3.8) is 0 Å². The van der Waals surface area contributed by atoms with Crippen LogP contribution in [-0.4, -0.2) is 17.6 Å². The maximum Gasteiger partial charge on any atom is 0.0506 e. The van der Waals surface area contributed by atoms with Crippen molar-refractivity contribution in [3.05, 3.63) is 0 Å². The van der Waals surface area contributed by atoms with E-state index in [1.165, 1.54) is 0 Å². The van der Waals surface area contributed by atoms with Crippen molar-refractivity contribution < 1.29 is 0 Å². The highest BCUT2D eigenvalue weighted by molar-refractivity contribution is 6.20. The molecule has 0 saturated heterocycles. The Morgan fingerprint density at radius 3 is 2.10 bits per heavy atom. The van der Waals surface area contributed by atoms with Crippen molar-refractivity contribution >= 4 is 17.8 Å². The summed E-state index contributed by atoms with van der Waals surface area (Å²) in [6, 6.07) is 0.345. The Morgan fingerprint density at radius 1 is 1.30 bits per heavy atom. The van der Waals surface area contributed by atoms with Gasteiger partial charge in [0.15, 0.2) is 0 Å². The van der Waals surface area contributed by atoms with Crippen molar-refractivity contribution in [2.45, 2.75) is 39.1 Å². The molecule has 0 fully saturated rings. The summed E-state index contributed by atoms with van der Waals surface area (Å²) < 4.78 is 0. The molecule has 0 radical (unpaired) electrons. The van der Waals surface area contributed by atoms with Gasteiger partial charge < -0.3 is 0 Å². The smallest absolute Gasteiger partial charge is 0.0506 e. The molecule has 0 aromatic rings. The summed E-state index contributed by atoms with van der Waals surface area (Å²) in [4.78, 5) is 4.24. The quantitative estimate of drug-likeness (QED) is 0.446. The molecule has 0 heterocycles. The Hall–Kier alpha value is -0.0400. The minimum Gasteiger partial charge on any atom is -0.294 e. The van der Waals surface area contributed by atoms with Crippen molar-refractivity contribution in [2.75, 3.05) is 0 Å². The van der Waals surface area contributed by atoms with Crippen LogP contribution in [-0.2, 0) is 0 Å². The highest BCUT2D eigenvalue weighted by Crippen LogP contribution is 2.15. The molecule has 0 bridgehead atoms. The first-order chi connectivity index (χ1) is 4.59. The topological polar surface area (TPSA) is 12.4 Å². The normalized spacial score (nSPS) is 20.9. The molecule has 0 N–H and O–H groups in total. The van der Waals surface area contributed by atoms with Crippen molar-refractivity contribution in [1.29, 1.82) is 0 Å². The summed E-state index contributed by atoms with van der Waals surface area (Å²) in [5, 5.41) is 0.207. The van der Waals surface area contributed by atoms with E-state index >= 15 is 0 Å². The number of alkyl halides is 1. The zero-order valence-corrected chi connectivity index (χ0v) is 7.89. The molecule has 60 valence electrons. The van der Waals surface area contributed by atoms with Gasteiger partial charge in [0, 0.05) is 5.38 Å². The second-order valence-electron chi connectivity index (χ2n) is 2.68. The fourth-order valence-corrected chi connectivity index (χ4v) is 0.965. The molecule has 0 saturated carbocycles. The lowest BCUT2D eigenvalue weighted by Crippen LogP contribution is -2.19. The molecule has 2 heteroatoms. The van der Waals surface area contributed by atoms with Crippen LogP contribution in [0.15, 0.2) is 4.99 Å². The lowest BCUT2D eigenvalue weighted by Gasteiger charge is -2.17. The Balaban J connectivity index is 3.81. The van der Waals surface area contributed by atoms with E-state index in [0.717, 1.165) is 0 Å². The molecule has 0 aromatic heterocycles. The van der Waals surface area contributed by atoms with Crippen LogP contribution in [0.25, 0.3) is 0 Å². The van der Waals surface area contributed by atoms with Crippen LogP contribution in [0, 0.1) is 5.92 Å². The van der Waals surface area contributed by atoms with Gasteiger partial charge >= 0.3 is 0 Å². The average molecular weight is 162 g/mol. The number of halogens is 1. The predicted octanol–water partition coefficient (Wildman–Crippen LogP) is 2.73. The van der Waals surface area contributed by atoms with Crippen LogP contribution in [0.5, 0.6) is 0 Å². The summed E-state index contributed by atoms with van der Waals surface area (Å²) in [7, 11) is 0. The van der Waals surface area contributed by atoms with Crippen LogP contribution < -0.4 is 0 Å². The van der Waals surface area contributed by atoms with Gasteiger partial charge in [-0.3, -0.25) is 4.99 Å². The van der Waals surface area contributed by atoms with E-state index in [2.05, 4.69) is 18.8 Å². The van der Waals surface area contributed by atoms with Gasteiger partial charge in [0.2, 0.25) is 0 Å². The van der Waals surface area contributed by atoms with E-state index in [9.17, 15) is 0 Å². The molecular weight excluding hydrogens is 146 g/mol. The maximum atomic E-state index is 5.88. The van der Waals surface area contributed by atoms with Crippen LogP contribution >= 0.6 is 11.6 Å². The summed E-state index contributed by atoms with van der Waals surface area (Å²) in [6.45, 7) is 8.15. The van der Waals surface area contributed by atoms with Crippen LogP contribution in [0.1, 0.15) is 27.7 Å². The number of hydrogen-bond acceptors (Lipinski definition) is 1. The third-order valence-corrected chi connectivity index (χ3v) is 2.27.